The number of benzene rings is 2. The van der Waals surface area contributed by atoms with Crippen LogP contribution >= 0.6 is 11.3 Å². The average Bonchev–Trinajstić information content (AvgIpc) is 3.57. The van der Waals surface area contributed by atoms with E-state index >= 15 is 0 Å². The third kappa shape index (κ3) is 3.50. The number of hydrogen-bond donors (Lipinski definition) is 2. The second-order valence-corrected chi connectivity index (χ2v) is 8.34. The summed E-state index contributed by atoms with van der Waals surface area (Å²) >= 11 is 1.54. The van der Waals surface area contributed by atoms with E-state index in [9.17, 15) is 4.39 Å². The molecule has 0 bridgehead atoms. The van der Waals surface area contributed by atoms with Crippen molar-refractivity contribution in [3.05, 3.63) is 71.4 Å². The molecule has 164 valence electrons. The Hall–Kier alpha value is -4.18. The van der Waals surface area contributed by atoms with E-state index in [4.69, 9.17) is 20.2 Å². The van der Waals surface area contributed by atoms with Gasteiger partial charge in [0.1, 0.15) is 11.6 Å². The Morgan fingerprint density at radius 3 is 2.82 bits per heavy atom. The highest BCUT2D eigenvalue weighted by Crippen LogP contribution is 2.35. The molecule has 1 aliphatic rings. The smallest absolute Gasteiger partial charge is 0.231 e. The molecule has 0 fully saturated rings. The predicted octanol–water partition coefficient (Wildman–Crippen LogP) is 4.61. The van der Waals surface area contributed by atoms with Crippen molar-refractivity contribution in [1.82, 2.24) is 19.7 Å². The van der Waals surface area contributed by atoms with Gasteiger partial charge in [0, 0.05) is 6.54 Å². The number of aromatic nitrogens is 4. The monoisotopic (exact) mass is 460 g/mol. The molecule has 1 aliphatic heterocycles. The maximum atomic E-state index is 13.8. The van der Waals surface area contributed by atoms with Crippen molar-refractivity contribution in [2.45, 2.75) is 6.54 Å². The van der Waals surface area contributed by atoms with Gasteiger partial charge in [0.05, 0.1) is 21.6 Å². The van der Waals surface area contributed by atoms with Gasteiger partial charge in [-0.25, -0.2) is 14.1 Å². The molecule has 0 amide bonds. The van der Waals surface area contributed by atoms with Crippen LogP contribution in [0.5, 0.6) is 11.5 Å². The molecule has 0 aliphatic carbocycles. The molecular weight excluding hydrogens is 443 g/mol. The lowest BCUT2D eigenvalue weighted by molar-refractivity contribution is 0.174. The van der Waals surface area contributed by atoms with Crippen molar-refractivity contribution < 1.29 is 13.9 Å². The number of nitrogens with two attached hydrogens (primary N) is 1. The van der Waals surface area contributed by atoms with Crippen LogP contribution in [0.25, 0.3) is 27.3 Å². The molecule has 5 aromatic rings. The van der Waals surface area contributed by atoms with Gasteiger partial charge in [0.2, 0.25) is 12.7 Å². The zero-order valence-corrected chi connectivity index (χ0v) is 18.0. The highest BCUT2D eigenvalue weighted by Gasteiger charge is 2.20. The lowest BCUT2D eigenvalue weighted by Gasteiger charge is -2.08. The first-order valence-corrected chi connectivity index (χ1v) is 11.0. The van der Waals surface area contributed by atoms with Crippen molar-refractivity contribution >= 4 is 34.1 Å². The first kappa shape index (κ1) is 19.5. The summed E-state index contributed by atoms with van der Waals surface area (Å²) in [4.78, 5) is 10.3. The van der Waals surface area contributed by atoms with Crippen molar-refractivity contribution in [2.24, 2.45) is 0 Å². The van der Waals surface area contributed by atoms with Gasteiger partial charge in [-0.2, -0.15) is 4.98 Å². The second kappa shape index (κ2) is 7.75. The van der Waals surface area contributed by atoms with Crippen molar-refractivity contribution in [1.29, 1.82) is 0 Å². The molecule has 0 radical (unpaired) electrons. The quantitative estimate of drug-likeness (QED) is 0.395. The fraction of sp³-hybridized carbons (Fsp3) is 0.0870. The maximum Gasteiger partial charge on any atom is 0.231 e. The Kier molecular flexibility index (Phi) is 4.58. The number of hydrogen-bond acceptors (Lipinski definition) is 8. The van der Waals surface area contributed by atoms with Crippen LogP contribution < -0.4 is 20.5 Å². The van der Waals surface area contributed by atoms with E-state index in [0.717, 1.165) is 16.2 Å². The first-order valence-electron chi connectivity index (χ1n) is 10.1. The number of halogens is 1. The number of fused-ring (bicyclic) bond motifs is 2. The molecule has 0 unspecified atom stereocenters. The number of rotatable bonds is 5. The van der Waals surface area contributed by atoms with Crippen LogP contribution in [-0.2, 0) is 6.54 Å². The maximum absolute atomic E-state index is 13.8. The number of nitrogens with zero attached hydrogens (tertiary/aromatic N) is 4. The van der Waals surface area contributed by atoms with E-state index in [-0.39, 0.29) is 12.6 Å². The zero-order valence-electron chi connectivity index (χ0n) is 17.2. The number of thiophene rings is 1. The highest BCUT2D eigenvalue weighted by atomic mass is 32.1. The van der Waals surface area contributed by atoms with Crippen LogP contribution in [0.4, 0.5) is 16.2 Å². The van der Waals surface area contributed by atoms with Gasteiger partial charge in [-0.1, -0.05) is 18.2 Å². The molecule has 6 rings (SSSR count). The Balaban J connectivity index is 1.41. The largest absolute Gasteiger partial charge is 0.454 e. The number of nitrogens with one attached hydrogen (secondary N) is 1. The molecule has 0 atom stereocenters. The topological polar surface area (TPSA) is 100 Å². The standard InChI is InChI=1S/C23H17FN6O2S/c24-14-3-1-4-15(10-14)30-21(25)19-20(18-5-2-8-33-18)27-23(28-22(19)29-30)26-11-13-6-7-16-17(9-13)32-12-31-16/h1-10H,11-12,25H2,(H,26,28,29). The summed E-state index contributed by atoms with van der Waals surface area (Å²) in [5, 5.41) is 10.4. The van der Waals surface area contributed by atoms with Gasteiger partial charge in [0.15, 0.2) is 17.1 Å². The Morgan fingerprint density at radius 1 is 1.06 bits per heavy atom. The van der Waals surface area contributed by atoms with Gasteiger partial charge >= 0.3 is 0 Å². The third-order valence-corrected chi connectivity index (χ3v) is 6.14. The van der Waals surface area contributed by atoms with Crippen molar-refractivity contribution in [3.63, 3.8) is 0 Å². The minimum atomic E-state index is -0.373. The summed E-state index contributed by atoms with van der Waals surface area (Å²) in [5.41, 5.74) is 9.04. The lowest BCUT2D eigenvalue weighted by atomic mass is 10.2. The summed E-state index contributed by atoms with van der Waals surface area (Å²) < 4.78 is 26.1. The van der Waals surface area contributed by atoms with Crippen LogP contribution in [0.15, 0.2) is 60.0 Å². The summed E-state index contributed by atoms with van der Waals surface area (Å²) in [6, 6.07) is 15.8. The van der Waals surface area contributed by atoms with E-state index < -0.39 is 0 Å². The van der Waals surface area contributed by atoms with Gasteiger partial charge in [-0.05, 0) is 47.3 Å². The predicted molar refractivity (Wildman–Crippen MR) is 124 cm³/mol. The molecule has 2 aromatic carbocycles. The third-order valence-electron chi connectivity index (χ3n) is 5.26. The molecule has 4 heterocycles. The lowest BCUT2D eigenvalue weighted by Crippen LogP contribution is -2.05. The zero-order chi connectivity index (χ0) is 22.4. The van der Waals surface area contributed by atoms with E-state index in [2.05, 4.69) is 15.4 Å². The molecular formula is C23H17FN6O2S. The number of anilines is 2. The second-order valence-electron chi connectivity index (χ2n) is 7.39. The molecule has 3 aromatic heterocycles. The normalized spacial score (nSPS) is 12.4. The summed E-state index contributed by atoms with van der Waals surface area (Å²) in [6.07, 6.45) is 0. The summed E-state index contributed by atoms with van der Waals surface area (Å²) in [7, 11) is 0. The molecule has 0 spiro atoms. The van der Waals surface area contributed by atoms with Crippen LogP contribution in [-0.4, -0.2) is 26.5 Å². The minimum Gasteiger partial charge on any atom is -0.454 e. The highest BCUT2D eigenvalue weighted by molar-refractivity contribution is 7.13. The van der Waals surface area contributed by atoms with E-state index in [1.807, 2.05) is 35.7 Å². The minimum absolute atomic E-state index is 0.228. The van der Waals surface area contributed by atoms with Crippen molar-refractivity contribution in [2.75, 3.05) is 17.8 Å². The van der Waals surface area contributed by atoms with Crippen LogP contribution in [0.1, 0.15) is 5.56 Å². The van der Waals surface area contributed by atoms with E-state index in [1.54, 1.807) is 23.5 Å². The van der Waals surface area contributed by atoms with E-state index in [0.29, 0.717) is 46.5 Å². The Labute approximate surface area is 191 Å². The molecule has 0 saturated heterocycles. The molecule has 3 N–H and O–H groups in total. The fourth-order valence-corrected chi connectivity index (χ4v) is 4.44. The molecule has 0 saturated carbocycles. The van der Waals surface area contributed by atoms with Gasteiger partial charge in [-0.15, -0.1) is 16.4 Å². The van der Waals surface area contributed by atoms with Crippen molar-refractivity contribution in [3.8, 4) is 27.8 Å². The Bertz CT molecular complexity index is 1480. The summed E-state index contributed by atoms with van der Waals surface area (Å²) in [6.45, 7) is 0.706. The number of nitrogen functional groups attached to an aromatic ring is 1. The van der Waals surface area contributed by atoms with Crippen LogP contribution in [0, 0.1) is 5.82 Å². The number of ether oxygens (including phenoxy) is 2. The average molecular weight is 460 g/mol. The molecule has 33 heavy (non-hydrogen) atoms. The first-order chi connectivity index (χ1) is 16.2. The molecule has 8 nitrogen and oxygen atoms in total. The molecule has 10 heteroatoms. The van der Waals surface area contributed by atoms with Gasteiger partial charge < -0.3 is 20.5 Å². The van der Waals surface area contributed by atoms with E-state index in [1.165, 1.54) is 16.8 Å². The van der Waals surface area contributed by atoms with Crippen LogP contribution in [0.3, 0.4) is 0 Å². The SMILES string of the molecule is Nc1c2c(-c3cccs3)nc(NCc3ccc4c(c3)OCO4)nc2nn1-c1cccc(F)c1. The van der Waals surface area contributed by atoms with Gasteiger partial charge in [0.25, 0.3) is 0 Å². The fourth-order valence-electron chi connectivity index (χ4n) is 3.72. The van der Waals surface area contributed by atoms with Gasteiger partial charge in [-0.3, -0.25) is 0 Å². The summed E-state index contributed by atoms with van der Waals surface area (Å²) in [5.74, 6) is 1.83. The van der Waals surface area contributed by atoms with Crippen LogP contribution in [0.2, 0.25) is 0 Å². The Morgan fingerprint density at radius 2 is 1.97 bits per heavy atom.